The highest BCUT2D eigenvalue weighted by atomic mass is 35.5. The van der Waals surface area contributed by atoms with E-state index >= 15 is 0 Å². The van der Waals surface area contributed by atoms with Crippen molar-refractivity contribution in [2.75, 3.05) is 9.44 Å². The predicted octanol–water partition coefficient (Wildman–Crippen LogP) is 4.73. The van der Waals surface area contributed by atoms with Gasteiger partial charge in [0.15, 0.2) is 0 Å². The van der Waals surface area contributed by atoms with Crippen LogP contribution >= 0.6 is 23.2 Å². The van der Waals surface area contributed by atoms with Crippen LogP contribution in [-0.2, 0) is 20.0 Å². The van der Waals surface area contributed by atoms with Crippen LogP contribution in [0.25, 0.3) is 0 Å². The Balaban J connectivity index is 1.78. The molecule has 3 rings (SSSR count). The first-order chi connectivity index (χ1) is 13.6. The zero-order valence-corrected chi connectivity index (χ0v) is 17.6. The quantitative estimate of drug-likeness (QED) is 0.539. The lowest BCUT2D eigenvalue weighted by atomic mass is 10.3. The molecule has 2 N–H and O–H groups in total. The van der Waals surface area contributed by atoms with E-state index in [1.807, 2.05) is 0 Å². The van der Waals surface area contributed by atoms with Crippen LogP contribution in [0.5, 0.6) is 0 Å². The summed E-state index contributed by atoms with van der Waals surface area (Å²) in [6, 6.07) is 13.6. The molecule has 0 saturated heterocycles. The van der Waals surface area contributed by atoms with E-state index in [2.05, 4.69) is 9.44 Å². The zero-order chi connectivity index (χ0) is 21.2. The lowest BCUT2D eigenvalue weighted by molar-refractivity contribution is 0.599. The lowest BCUT2D eigenvalue weighted by Gasteiger charge is -2.11. The molecule has 0 aliphatic rings. The second-order valence-electron chi connectivity index (χ2n) is 5.82. The summed E-state index contributed by atoms with van der Waals surface area (Å²) < 4.78 is 67.2. The number of sulfonamides is 2. The number of halogens is 3. The summed E-state index contributed by atoms with van der Waals surface area (Å²) >= 11 is 11.7. The minimum Gasteiger partial charge on any atom is -0.280 e. The fraction of sp³-hybridized carbons (Fsp3) is 0. The van der Waals surface area contributed by atoms with Crippen LogP contribution in [-0.4, -0.2) is 16.8 Å². The molecule has 0 spiro atoms. The number of nitrogens with one attached hydrogen (secondary N) is 2. The maximum absolute atomic E-state index is 13.0. The third kappa shape index (κ3) is 5.18. The molecule has 0 atom stereocenters. The van der Waals surface area contributed by atoms with E-state index < -0.39 is 25.9 Å². The highest BCUT2D eigenvalue weighted by Gasteiger charge is 2.17. The fourth-order valence-electron chi connectivity index (χ4n) is 2.30. The van der Waals surface area contributed by atoms with Crippen LogP contribution in [0.3, 0.4) is 0 Å². The van der Waals surface area contributed by atoms with Gasteiger partial charge in [0, 0.05) is 5.69 Å². The van der Waals surface area contributed by atoms with Gasteiger partial charge in [0.2, 0.25) is 0 Å². The average molecular weight is 475 g/mol. The molecule has 3 aromatic rings. The van der Waals surface area contributed by atoms with Crippen LogP contribution in [0, 0.1) is 5.82 Å². The molecular formula is C18H13Cl2FN2O4S2. The van der Waals surface area contributed by atoms with Crippen molar-refractivity contribution in [3.63, 3.8) is 0 Å². The number of hydrogen-bond acceptors (Lipinski definition) is 4. The first-order valence-corrected chi connectivity index (χ1v) is 11.7. The summed E-state index contributed by atoms with van der Waals surface area (Å²) in [5, 5.41) is 0.477. The van der Waals surface area contributed by atoms with E-state index in [0.717, 1.165) is 24.3 Å². The van der Waals surface area contributed by atoms with Gasteiger partial charge in [0.1, 0.15) is 5.82 Å². The summed E-state index contributed by atoms with van der Waals surface area (Å²) in [5.74, 6) is -0.562. The second kappa shape index (κ2) is 8.19. The molecule has 6 nitrogen and oxygen atoms in total. The van der Waals surface area contributed by atoms with Crippen LogP contribution in [0.1, 0.15) is 0 Å². The predicted molar refractivity (Wildman–Crippen MR) is 111 cm³/mol. The Morgan fingerprint density at radius 1 is 0.621 bits per heavy atom. The monoisotopic (exact) mass is 474 g/mol. The molecule has 0 bridgehead atoms. The number of anilines is 2. The van der Waals surface area contributed by atoms with Crippen molar-refractivity contribution in [2.45, 2.75) is 9.79 Å². The molecule has 0 saturated carbocycles. The van der Waals surface area contributed by atoms with Gasteiger partial charge >= 0.3 is 0 Å². The van der Waals surface area contributed by atoms with Gasteiger partial charge in [-0.25, -0.2) is 21.2 Å². The number of benzene rings is 3. The molecule has 0 amide bonds. The van der Waals surface area contributed by atoms with E-state index in [1.165, 1.54) is 42.5 Å². The van der Waals surface area contributed by atoms with E-state index in [-0.39, 0.29) is 31.2 Å². The second-order valence-corrected chi connectivity index (χ2v) is 10.00. The summed E-state index contributed by atoms with van der Waals surface area (Å²) in [5.41, 5.74) is 0.364. The van der Waals surface area contributed by atoms with E-state index in [0.29, 0.717) is 0 Å². The normalized spacial score (nSPS) is 11.8. The summed E-state index contributed by atoms with van der Waals surface area (Å²) in [6.45, 7) is 0. The van der Waals surface area contributed by atoms with Gasteiger partial charge in [-0.05, 0) is 66.7 Å². The molecule has 0 aromatic heterocycles. The Morgan fingerprint density at radius 3 is 1.59 bits per heavy atom. The fourth-order valence-corrected chi connectivity index (χ4v) is 4.71. The smallest absolute Gasteiger partial charge is 0.261 e. The van der Waals surface area contributed by atoms with Crippen molar-refractivity contribution in [3.05, 3.63) is 82.6 Å². The SMILES string of the molecule is O=S(=O)(Nc1ccc(S(=O)(=O)Nc2ccc(Cl)c(Cl)c2)cc1)c1ccc(F)cc1. The molecule has 0 heterocycles. The molecule has 0 fully saturated rings. The number of hydrogen-bond donors (Lipinski definition) is 2. The Kier molecular flexibility index (Phi) is 6.04. The van der Waals surface area contributed by atoms with Gasteiger partial charge in [-0.2, -0.15) is 0 Å². The van der Waals surface area contributed by atoms with Crippen molar-refractivity contribution >= 4 is 54.6 Å². The van der Waals surface area contributed by atoms with Crippen LogP contribution < -0.4 is 9.44 Å². The third-order valence-electron chi connectivity index (χ3n) is 3.71. The Hall–Kier alpha value is -2.33. The Bertz CT molecular complexity index is 1250. The topological polar surface area (TPSA) is 92.3 Å². The lowest BCUT2D eigenvalue weighted by Crippen LogP contribution is -2.14. The zero-order valence-electron chi connectivity index (χ0n) is 14.4. The van der Waals surface area contributed by atoms with Crippen molar-refractivity contribution in [2.24, 2.45) is 0 Å². The standard InChI is InChI=1S/C18H13Cl2FN2O4S2/c19-17-10-5-14(11-18(17)20)23-29(26,27)16-8-3-13(4-9-16)22-28(24,25)15-6-1-12(21)2-7-15/h1-11,22-23H. The maximum atomic E-state index is 13.0. The first kappa shape index (κ1) is 21.4. The molecule has 0 aliphatic heterocycles. The minimum atomic E-state index is -3.94. The highest BCUT2D eigenvalue weighted by Crippen LogP contribution is 2.27. The Morgan fingerprint density at radius 2 is 1.07 bits per heavy atom. The van der Waals surface area contributed by atoms with Gasteiger partial charge < -0.3 is 0 Å². The molecule has 0 unspecified atom stereocenters. The van der Waals surface area contributed by atoms with Gasteiger partial charge in [-0.15, -0.1) is 0 Å². The summed E-state index contributed by atoms with van der Waals surface area (Å²) in [7, 11) is -7.88. The first-order valence-electron chi connectivity index (χ1n) is 7.93. The molecule has 0 radical (unpaired) electrons. The average Bonchev–Trinajstić information content (AvgIpc) is 2.65. The molecule has 3 aromatic carbocycles. The van der Waals surface area contributed by atoms with Gasteiger partial charge in [-0.1, -0.05) is 23.2 Å². The minimum absolute atomic E-state index is 0.0895. The van der Waals surface area contributed by atoms with E-state index in [9.17, 15) is 21.2 Å². The van der Waals surface area contributed by atoms with Gasteiger partial charge in [0.25, 0.3) is 20.0 Å². The van der Waals surface area contributed by atoms with Crippen molar-refractivity contribution < 1.29 is 21.2 Å². The third-order valence-corrected chi connectivity index (χ3v) is 7.25. The highest BCUT2D eigenvalue weighted by molar-refractivity contribution is 7.93. The molecule has 152 valence electrons. The van der Waals surface area contributed by atoms with E-state index in [4.69, 9.17) is 23.2 Å². The van der Waals surface area contributed by atoms with Crippen molar-refractivity contribution in [1.82, 2.24) is 0 Å². The molecule has 0 aliphatic carbocycles. The van der Waals surface area contributed by atoms with Crippen molar-refractivity contribution in [3.8, 4) is 0 Å². The Labute approximate surface area is 177 Å². The largest absolute Gasteiger partial charge is 0.280 e. The summed E-state index contributed by atoms with van der Waals surface area (Å²) in [4.78, 5) is -0.217. The molecule has 29 heavy (non-hydrogen) atoms. The van der Waals surface area contributed by atoms with Gasteiger partial charge in [-0.3, -0.25) is 9.44 Å². The maximum Gasteiger partial charge on any atom is 0.261 e. The summed E-state index contributed by atoms with van der Waals surface area (Å²) in [6.07, 6.45) is 0. The van der Waals surface area contributed by atoms with Crippen LogP contribution in [0.2, 0.25) is 10.0 Å². The number of rotatable bonds is 6. The van der Waals surface area contributed by atoms with Crippen LogP contribution in [0.15, 0.2) is 76.5 Å². The molecule has 11 heteroatoms. The van der Waals surface area contributed by atoms with Gasteiger partial charge in [0.05, 0.1) is 25.5 Å². The van der Waals surface area contributed by atoms with Crippen molar-refractivity contribution in [1.29, 1.82) is 0 Å². The molecular weight excluding hydrogens is 462 g/mol. The van der Waals surface area contributed by atoms with E-state index in [1.54, 1.807) is 0 Å². The van der Waals surface area contributed by atoms with Crippen LogP contribution in [0.4, 0.5) is 15.8 Å².